The van der Waals surface area contributed by atoms with Crippen LogP contribution in [0.3, 0.4) is 0 Å². The molecule has 0 aliphatic carbocycles. The molecule has 114 valence electrons. The van der Waals surface area contributed by atoms with Crippen LogP contribution in [0, 0.1) is 26.6 Å². The van der Waals surface area contributed by atoms with Crippen LogP contribution in [0.1, 0.15) is 35.6 Å². The van der Waals surface area contributed by atoms with E-state index >= 15 is 0 Å². The van der Waals surface area contributed by atoms with E-state index in [1.807, 2.05) is 0 Å². The maximum atomic E-state index is 13.3. The zero-order valence-corrected chi connectivity index (χ0v) is 13.2. The number of hydrogen-bond acceptors (Lipinski definition) is 3. The third-order valence-electron chi connectivity index (χ3n) is 3.21. The first-order valence-electron chi connectivity index (χ1n) is 6.56. The van der Waals surface area contributed by atoms with Gasteiger partial charge in [0.2, 0.25) is 10.0 Å². The third kappa shape index (κ3) is 3.33. The first kappa shape index (κ1) is 15.7. The van der Waals surface area contributed by atoms with Gasteiger partial charge in [-0.3, -0.25) is 0 Å². The highest BCUT2D eigenvalue weighted by Gasteiger charge is 2.24. The second-order valence-corrected chi connectivity index (χ2v) is 6.81. The van der Waals surface area contributed by atoms with Crippen molar-refractivity contribution >= 4 is 10.0 Å². The van der Waals surface area contributed by atoms with E-state index in [4.69, 9.17) is 4.42 Å². The molecule has 2 rings (SSSR count). The van der Waals surface area contributed by atoms with Crippen LogP contribution in [0.15, 0.2) is 33.6 Å². The quantitative estimate of drug-likeness (QED) is 0.941. The zero-order valence-electron chi connectivity index (χ0n) is 12.4. The van der Waals surface area contributed by atoms with Crippen molar-refractivity contribution in [3.8, 4) is 0 Å². The van der Waals surface area contributed by atoms with Crippen LogP contribution in [0.25, 0.3) is 0 Å². The predicted molar refractivity (Wildman–Crippen MR) is 78.1 cm³/mol. The molecular weight excluding hydrogens is 293 g/mol. The van der Waals surface area contributed by atoms with E-state index in [2.05, 4.69) is 4.72 Å². The van der Waals surface area contributed by atoms with E-state index in [1.54, 1.807) is 39.8 Å². The van der Waals surface area contributed by atoms with Gasteiger partial charge in [0.05, 0.1) is 10.9 Å². The van der Waals surface area contributed by atoms with E-state index < -0.39 is 21.9 Å². The number of sulfonamides is 1. The first-order valence-corrected chi connectivity index (χ1v) is 8.04. The number of aryl methyl sites for hydroxylation is 3. The largest absolute Gasteiger partial charge is 0.465 e. The van der Waals surface area contributed by atoms with Crippen molar-refractivity contribution in [1.82, 2.24) is 4.72 Å². The monoisotopic (exact) mass is 311 g/mol. The molecule has 1 atom stereocenters. The Morgan fingerprint density at radius 3 is 2.19 bits per heavy atom. The molecule has 6 heteroatoms. The van der Waals surface area contributed by atoms with Crippen LogP contribution in [0.2, 0.25) is 0 Å². The summed E-state index contributed by atoms with van der Waals surface area (Å²) in [5, 5.41) is 0. The highest BCUT2D eigenvalue weighted by Crippen LogP contribution is 2.24. The Balaban J connectivity index is 2.35. The SMILES string of the molecule is Cc1ccc(C(C)NS(=O)(=O)c2c(C)cc(F)cc2C)o1. The molecule has 0 saturated carbocycles. The van der Waals surface area contributed by atoms with Crippen molar-refractivity contribution in [3.63, 3.8) is 0 Å². The fourth-order valence-electron chi connectivity index (χ4n) is 2.36. The summed E-state index contributed by atoms with van der Waals surface area (Å²) >= 11 is 0. The van der Waals surface area contributed by atoms with Crippen molar-refractivity contribution in [2.24, 2.45) is 0 Å². The number of halogens is 1. The normalized spacial score (nSPS) is 13.4. The molecule has 0 fully saturated rings. The lowest BCUT2D eigenvalue weighted by molar-refractivity contribution is 0.441. The molecule has 0 amide bonds. The molecule has 0 spiro atoms. The summed E-state index contributed by atoms with van der Waals surface area (Å²) in [7, 11) is -3.75. The van der Waals surface area contributed by atoms with Crippen molar-refractivity contribution in [3.05, 3.63) is 52.7 Å². The third-order valence-corrected chi connectivity index (χ3v) is 5.06. The van der Waals surface area contributed by atoms with E-state index in [-0.39, 0.29) is 4.90 Å². The Kier molecular flexibility index (Phi) is 4.20. The summed E-state index contributed by atoms with van der Waals surface area (Å²) in [6, 6.07) is 5.42. The number of hydrogen-bond donors (Lipinski definition) is 1. The van der Waals surface area contributed by atoms with E-state index in [1.165, 1.54) is 12.1 Å². The fourth-order valence-corrected chi connectivity index (χ4v) is 4.02. The van der Waals surface area contributed by atoms with Crippen LogP contribution >= 0.6 is 0 Å². The number of rotatable bonds is 4. The minimum absolute atomic E-state index is 0.110. The number of nitrogens with one attached hydrogen (secondary N) is 1. The van der Waals surface area contributed by atoms with Gasteiger partial charge in [0, 0.05) is 0 Å². The van der Waals surface area contributed by atoms with Gasteiger partial charge in [-0.2, -0.15) is 0 Å². The maximum Gasteiger partial charge on any atom is 0.241 e. The van der Waals surface area contributed by atoms with Gasteiger partial charge in [0.15, 0.2) is 0 Å². The van der Waals surface area contributed by atoms with E-state index in [0.717, 1.165) is 0 Å². The van der Waals surface area contributed by atoms with Gasteiger partial charge in [-0.15, -0.1) is 0 Å². The van der Waals surface area contributed by atoms with Crippen molar-refractivity contribution in [2.45, 2.75) is 38.6 Å². The summed E-state index contributed by atoms with van der Waals surface area (Å²) in [6.07, 6.45) is 0. The molecule has 1 aromatic heterocycles. The Bertz CT molecular complexity index is 742. The van der Waals surface area contributed by atoms with Crippen molar-refractivity contribution in [2.75, 3.05) is 0 Å². The Morgan fingerprint density at radius 1 is 1.14 bits per heavy atom. The Morgan fingerprint density at radius 2 is 1.71 bits per heavy atom. The Labute approximate surface area is 124 Å². The summed E-state index contributed by atoms with van der Waals surface area (Å²) in [5.74, 6) is 0.803. The van der Waals surface area contributed by atoms with Gasteiger partial charge in [0.1, 0.15) is 17.3 Å². The van der Waals surface area contributed by atoms with Crippen LogP contribution in [-0.2, 0) is 10.0 Å². The van der Waals surface area contributed by atoms with Crippen molar-refractivity contribution < 1.29 is 17.2 Å². The maximum absolute atomic E-state index is 13.3. The second kappa shape index (κ2) is 5.61. The molecule has 1 heterocycles. The van der Waals surface area contributed by atoms with Crippen LogP contribution in [0.4, 0.5) is 4.39 Å². The lowest BCUT2D eigenvalue weighted by Gasteiger charge is -2.15. The fraction of sp³-hybridized carbons (Fsp3) is 0.333. The molecule has 0 saturated heterocycles. The predicted octanol–water partition coefficient (Wildman–Crippen LogP) is 3.38. The molecule has 1 N–H and O–H groups in total. The van der Waals surface area contributed by atoms with Gasteiger partial charge >= 0.3 is 0 Å². The summed E-state index contributed by atoms with van der Waals surface area (Å²) in [4.78, 5) is 0.110. The smallest absolute Gasteiger partial charge is 0.241 e. The summed E-state index contributed by atoms with van der Waals surface area (Å²) in [5.41, 5.74) is 0.755. The average Bonchev–Trinajstić information content (AvgIpc) is 2.73. The van der Waals surface area contributed by atoms with E-state index in [0.29, 0.717) is 22.6 Å². The minimum atomic E-state index is -3.75. The van der Waals surface area contributed by atoms with Crippen molar-refractivity contribution in [1.29, 1.82) is 0 Å². The average molecular weight is 311 g/mol. The molecule has 1 unspecified atom stereocenters. The first-order chi connectivity index (χ1) is 9.70. The molecule has 2 aromatic rings. The number of furan rings is 1. The number of benzene rings is 1. The van der Waals surface area contributed by atoms with Gasteiger partial charge in [0.25, 0.3) is 0 Å². The van der Waals surface area contributed by atoms with Gasteiger partial charge in [-0.1, -0.05) is 0 Å². The van der Waals surface area contributed by atoms with Gasteiger partial charge in [-0.25, -0.2) is 17.5 Å². The van der Waals surface area contributed by atoms with Crippen LogP contribution in [0.5, 0.6) is 0 Å². The highest BCUT2D eigenvalue weighted by atomic mass is 32.2. The standard InChI is InChI=1S/C15H18FNO3S/c1-9-7-13(16)8-10(2)15(9)21(18,19)17-12(4)14-6-5-11(3)20-14/h5-8,12,17H,1-4H3. The molecule has 0 radical (unpaired) electrons. The minimum Gasteiger partial charge on any atom is -0.465 e. The van der Waals surface area contributed by atoms with Gasteiger partial charge in [-0.05, 0) is 63.1 Å². The summed E-state index contributed by atoms with van der Waals surface area (Å²) in [6.45, 7) is 6.64. The lowest BCUT2D eigenvalue weighted by Crippen LogP contribution is -2.28. The zero-order chi connectivity index (χ0) is 15.8. The molecule has 0 bridgehead atoms. The van der Waals surface area contributed by atoms with Crippen LogP contribution in [-0.4, -0.2) is 8.42 Å². The molecule has 4 nitrogen and oxygen atoms in total. The molecule has 1 aromatic carbocycles. The molecule has 0 aliphatic heterocycles. The summed E-state index contributed by atoms with van der Waals surface area (Å²) < 4.78 is 46.3. The molecule has 0 aliphatic rings. The molecule has 21 heavy (non-hydrogen) atoms. The second-order valence-electron chi connectivity index (χ2n) is 5.16. The Hall–Kier alpha value is -1.66. The highest BCUT2D eigenvalue weighted by molar-refractivity contribution is 7.89. The van der Waals surface area contributed by atoms with Crippen LogP contribution < -0.4 is 4.72 Å². The molecular formula is C15H18FNO3S. The van der Waals surface area contributed by atoms with Gasteiger partial charge < -0.3 is 4.42 Å². The lowest BCUT2D eigenvalue weighted by atomic mass is 10.1. The topological polar surface area (TPSA) is 59.3 Å². The van der Waals surface area contributed by atoms with E-state index in [9.17, 15) is 12.8 Å².